The number of phenols is 1. The van der Waals surface area contributed by atoms with Crippen molar-refractivity contribution in [3.05, 3.63) is 137 Å². The Balaban J connectivity index is 1.41. The number of nitrogens with one attached hydrogen (secondary N) is 2. The van der Waals surface area contributed by atoms with Crippen molar-refractivity contribution >= 4 is 23.7 Å². The maximum Gasteiger partial charge on any atom is 0.326 e. The first-order valence-electron chi connectivity index (χ1n) is 15.9. The summed E-state index contributed by atoms with van der Waals surface area (Å²) in [6.07, 6.45) is 0.352. The van der Waals surface area contributed by atoms with Gasteiger partial charge in [-0.1, -0.05) is 104 Å². The van der Waals surface area contributed by atoms with Gasteiger partial charge >= 0.3 is 5.97 Å². The van der Waals surface area contributed by atoms with Gasteiger partial charge in [0.05, 0.1) is 6.04 Å². The van der Waals surface area contributed by atoms with Gasteiger partial charge in [0.15, 0.2) is 0 Å². The van der Waals surface area contributed by atoms with Crippen LogP contribution in [0, 0.1) is 0 Å². The number of hydrogen-bond donors (Lipinski definition) is 5. The average molecular weight is 649 g/mol. The van der Waals surface area contributed by atoms with Crippen LogP contribution >= 0.6 is 0 Å². The van der Waals surface area contributed by atoms with E-state index in [2.05, 4.69) is 10.6 Å². The Hall–Kier alpha value is -5.48. The summed E-state index contributed by atoms with van der Waals surface area (Å²) in [5.74, 6) is -3.17. The lowest BCUT2D eigenvalue weighted by atomic mass is 9.83. The van der Waals surface area contributed by atoms with Gasteiger partial charge in [-0.2, -0.15) is 0 Å². The Bertz CT molecular complexity index is 1730. The average Bonchev–Trinajstić information content (AvgIpc) is 3.09. The van der Waals surface area contributed by atoms with E-state index >= 15 is 0 Å². The first kappa shape index (κ1) is 33.9. The van der Waals surface area contributed by atoms with Gasteiger partial charge in [-0.15, -0.1) is 0 Å². The summed E-state index contributed by atoms with van der Waals surface area (Å²) in [5, 5.41) is 25.1. The predicted octanol–water partition coefficient (Wildman–Crippen LogP) is 3.32. The number of nitrogens with zero attached hydrogens (tertiary/aromatic N) is 1. The Kier molecular flexibility index (Phi) is 10.9. The van der Waals surface area contributed by atoms with Crippen LogP contribution in [0.15, 0.2) is 109 Å². The van der Waals surface area contributed by atoms with Crippen molar-refractivity contribution in [3.8, 4) is 5.75 Å². The van der Waals surface area contributed by atoms with Crippen molar-refractivity contribution in [2.24, 2.45) is 5.73 Å². The van der Waals surface area contributed by atoms with Crippen LogP contribution in [-0.2, 0) is 45.0 Å². The summed E-state index contributed by atoms with van der Waals surface area (Å²) in [5.41, 5.74) is 10.5. The van der Waals surface area contributed by atoms with E-state index in [1.54, 1.807) is 36.4 Å². The monoisotopic (exact) mass is 648 g/mol. The van der Waals surface area contributed by atoms with Crippen LogP contribution in [0.3, 0.4) is 0 Å². The number of benzene rings is 4. The molecule has 0 saturated heterocycles. The van der Waals surface area contributed by atoms with Gasteiger partial charge in [-0.05, 0) is 46.4 Å². The zero-order valence-electron chi connectivity index (χ0n) is 26.7. The maximum atomic E-state index is 14.3. The number of hydrogen-bond acceptors (Lipinski definition) is 6. The van der Waals surface area contributed by atoms with Crippen LogP contribution in [0.25, 0.3) is 0 Å². The van der Waals surface area contributed by atoms with E-state index in [0.717, 1.165) is 27.8 Å². The molecule has 10 nitrogen and oxygen atoms in total. The maximum absolute atomic E-state index is 14.3. The zero-order chi connectivity index (χ0) is 34.2. The van der Waals surface area contributed by atoms with Gasteiger partial charge in [0, 0.05) is 25.3 Å². The summed E-state index contributed by atoms with van der Waals surface area (Å²) < 4.78 is 0. The molecule has 1 aliphatic heterocycles. The van der Waals surface area contributed by atoms with Gasteiger partial charge in [-0.25, -0.2) is 4.79 Å². The smallest absolute Gasteiger partial charge is 0.326 e. The minimum Gasteiger partial charge on any atom is -0.508 e. The largest absolute Gasteiger partial charge is 0.508 e. The summed E-state index contributed by atoms with van der Waals surface area (Å²) in [6, 6.07) is 27.8. The van der Waals surface area contributed by atoms with Crippen molar-refractivity contribution in [1.29, 1.82) is 0 Å². The molecule has 0 aliphatic carbocycles. The molecule has 1 aliphatic rings. The van der Waals surface area contributed by atoms with Crippen molar-refractivity contribution < 1.29 is 29.4 Å². The van der Waals surface area contributed by atoms with Crippen molar-refractivity contribution in [2.75, 3.05) is 0 Å². The molecule has 48 heavy (non-hydrogen) atoms. The fourth-order valence-electron chi connectivity index (χ4n) is 6.25. The van der Waals surface area contributed by atoms with Crippen LogP contribution < -0.4 is 16.4 Å². The number of aromatic hydroxyl groups is 1. The SMILES string of the molecule is C[C@@H]1c2ccccc2CN(C(=O)[C@@H](N)Cc2ccc(O)cc2)[C@@H]1C(=O)N[C@@H](Cc1ccccc1)C(=O)N[C@@H](Cc1ccccc1)C(=O)O. The van der Waals surface area contributed by atoms with Gasteiger partial charge in [-0.3, -0.25) is 14.4 Å². The fourth-order valence-corrected chi connectivity index (χ4v) is 6.25. The molecule has 0 aromatic heterocycles. The number of carboxylic acids is 1. The number of carboxylic acid groups (broad SMARTS) is 1. The lowest BCUT2D eigenvalue weighted by molar-refractivity contribution is -0.145. The number of amides is 3. The highest BCUT2D eigenvalue weighted by Gasteiger charge is 2.42. The van der Waals surface area contributed by atoms with E-state index in [0.29, 0.717) is 0 Å². The lowest BCUT2D eigenvalue weighted by Crippen LogP contribution is -2.61. The Morgan fingerprint density at radius 2 is 1.29 bits per heavy atom. The number of rotatable bonds is 12. The number of aliphatic carboxylic acids is 1. The minimum absolute atomic E-state index is 0.0611. The second-order valence-corrected chi connectivity index (χ2v) is 12.2. The Morgan fingerprint density at radius 1 is 0.750 bits per heavy atom. The van der Waals surface area contributed by atoms with Crippen LogP contribution in [0.4, 0.5) is 0 Å². The molecule has 1 heterocycles. The van der Waals surface area contributed by atoms with Gasteiger partial charge in [0.25, 0.3) is 0 Å². The van der Waals surface area contributed by atoms with Gasteiger partial charge < -0.3 is 31.5 Å². The van der Waals surface area contributed by atoms with Crippen molar-refractivity contribution in [2.45, 2.75) is 62.8 Å². The van der Waals surface area contributed by atoms with E-state index in [1.165, 1.54) is 17.0 Å². The second kappa shape index (κ2) is 15.4. The number of nitrogens with two attached hydrogens (primary N) is 1. The van der Waals surface area contributed by atoms with E-state index in [9.17, 15) is 29.4 Å². The minimum atomic E-state index is -1.23. The second-order valence-electron chi connectivity index (χ2n) is 12.2. The lowest BCUT2D eigenvalue weighted by Gasteiger charge is -2.41. The third kappa shape index (κ3) is 8.26. The molecule has 5 rings (SSSR count). The summed E-state index contributed by atoms with van der Waals surface area (Å²) in [7, 11) is 0. The number of phenolic OH excluding ortho intramolecular Hbond substituents is 1. The topological polar surface area (TPSA) is 162 Å². The highest BCUT2D eigenvalue weighted by atomic mass is 16.4. The Labute approximate surface area is 279 Å². The number of carbonyl (C=O) groups is 4. The molecule has 6 N–H and O–H groups in total. The molecule has 0 fully saturated rings. The summed E-state index contributed by atoms with van der Waals surface area (Å²) >= 11 is 0. The Morgan fingerprint density at radius 3 is 1.90 bits per heavy atom. The molecule has 5 atom stereocenters. The third-order valence-corrected chi connectivity index (χ3v) is 8.77. The van der Waals surface area contributed by atoms with Crippen LogP contribution in [0.5, 0.6) is 5.75 Å². The fraction of sp³-hybridized carbons (Fsp3) is 0.263. The van der Waals surface area contributed by atoms with Crippen molar-refractivity contribution in [1.82, 2.24) is 15.5 Å². The molecule has 248 valence electrons. The third-order valence-electron chi connectivity index (χ3n) is 8.77. The molecule has 3 amide bonds. The highest BCUT2D eigenvalue weighted by Crippen LogP contribution is 2.34. The predicted molar refractivity (Wildman–Crippen MR) is 181 cm³/mol. The normalized spacial score (nSPS) is 17.3. The molecule has 0 unspecified atom stereocenters. The molecule has 0 saturated carbocycles. The highest BCUT2D eigenvalue weighted by molar-refractivity contribution is 5.95. The molecule has 4 aromatic carbocycles. The van der Waals surface area contributed by atoms with Crippen LogP contribution in [0.2, 0.25) is 0 Å². The number of fused-ring (bicyclic) bond motifs is 1. The molecular weight excluding hydrogens is 608 g/mol. The van der Waals surface area contributed by atoms with Crippen molar-refractivity contribution in [3.63, 3.8) is 0 Å². The molecule has 0 radical (unpaired) electrons. The summed E-state index contributed by atoms with van der Waals surface area (Å²) in [4.78, 5) is 55.7. The first-order valence-corrected chi connectivity index (χ1v) is 15.9. The summed E-state index contributed by atoms with van der Waals surface area (Å²) in [6.45, 7) is 2.01. The van der Waals surface area contributed by atoms with E-state index in [1.807, 2.05) is 67.6 Å². The molecule has 4 aromatic rings. The van der Waals surface area contributed by atoms with E-state index in [-0.39, 0.29) is 31.6 Å². The molecule has 0 spiro atoms. The number of carbonyl (C=O) groups excluding carboxylic acids is 3. The van der Waals surface area contributed by atoms with Gasteiger partial charge in [0.2, 0.25) is 17.7 Å². The van der Waals surface area contributed by atoms with Crippen LogP contribution in [0.1, 0.15) is 40.7 Å². The van der Waals surface area contributed by atoms with E-state index in [4.69, 9.17) is 5.73 Å². The van der Waals surface area contributed by atoms with Gasteiger partial charge in [0.1, 0.15) is 23.9 Å². The molecular formula is C38H40N4O6. The molecule has 0 bridgehead atoms. The van der Waals surface area contributed by atoms with Crippen LogP contribution in [-0.4, -0.2) is 63.0 Å². The molecule has 10 heteroatoms. The zero-order valence-corrected chi connectivity index (χ0v) is 26.7. The first-order chi connectivity index (χ1) is 23.1. The quantitative estimate of drug-likeness (QED) is 0.157. The van der Waals surface area contributed by atoms with E-state index < -0.39 is 53.8 Å². The standard InChI is InChI=1S/C38H40N4O6/c1-24-30-15-9-8-14-28(30)23-42(37(46)31(39)20-27-16-18-29(43)19-17-27)34(24)36(45)40-32(21-25-10-4-2-5-11-25)35(44)41-33(38(47)48)22-26-12-6-3-7-13-26/h2-19,24,31-34,43H,20-23,39H2,1H3,(H,40,45)(H,41,44)(H,47,48)/t24-,31+,32+,33+,34+/m1/s1.